The third-order valence-electron chi connectivity index (χ3n) is 7.33. The topological polar surface area (TPSA) is 3.24 Å². The van der Waals surface area contributed by atoms with Crippen LogP contribution >= 0.6 is 0 Å². The Morgan fingerprint density at radius 1 is 0.366 bits per heavy atom. The Morgan fingerprint density at radius 3 is 1.71 bits per heavy atom. The van der Waals surface area contributed by atoms with Crippen LogP contribution in [-0.4, -0.2) is 0 Å². The first-order valence-electron chi connectivity index (χ1n) is 15.7. The van der Waals surface area contributed by atoms with Gasteiger partial charge in [0.2, 0.25) is 0 Å². The monoisotopic (exact) mass is 527 g/mol. The number of nitrogens with zero attached hydrogens (tertiary/aromatic N) is 1. The van der Waals surface area contributed by atoms with E-state index in [0.717, 1.165) is 44.4 Å². The third kappa shape index (κ3) is 5.02. The molecule has 0 radical (unpaired) electrons. The summed E-state index contributed by atoms with van der Waals surface area (Å²) in [6.07, 6.45) is 0. The molecule has 7 aromatic carbocycles. The van der Waals surface area contributed by atoms with Crippen LogP contribution in [0.4, 0.5) is 17.1 Å². The van der Waals surface area contributed by atoms with E-state index in [1.54, 1.807) is 0 Å². The Labute approximate surface area is 247 Å². The van der Waals surface area contributed by atoms with E-state index in [1.165, 1.54) is 0 Å². The first-order chi connectivity index (χ1) is 22.0. The first kappa shape index (κ1) is 20.5. The van der Waals surface area contributed by atoms with Crippen LogP contribution in [0.1, 0.15) is 5.48 Å². The van der Waals surface area contributed by atoms with Crippen LogP contribution in [0.5, 0.6) is 0 Å². The van der Waals surface area contributed by atoms with Crippen molar-refractivity contribution >= 4 is 27.8 Å². The fourth-order valence-electron chi connectivity index (χ4n) is 5.30. The van der Waals surface area contributed by atoms with E-state index >= 15 is 0 Å². The Morgan fingerprint density at radius 2 is 0.927 bits per heavy atom. The Hall–Kier alpha value is -5.40. The van der Waals surface area contributed by atoms with E-state index in [9.17, 15) is 2.74 Å². The van der Waals surface area contributed by atoms with Gasteiger partial charge in [-0.2, -0.15) is 0 Å². The summed E-state index contributed by atoms with van der Waals surface area (Å²) in [7, 11) is 0. The molecule has 0 fully saturated rings. The van der Waals surface area contributed by atoms with Crippen LogP contribution in [0.15, 0.2) is 176 Å². The molecule has 0 aromatic heterocycles. The number of hydrogen-bond acceptors (Lipinski definition) is 1. The smallest absolute Gasteiger partial charge is 0.0645 e. The molecule has 0 N–H and O–H groups in total. The maximum atomic E-state index is 9.22. The zero-order valence-electron chi connectivity index (χ0n) is 26.4. The number of hydrogen-bond donors (Lipinski definition) is 0. The summed E-state index contributed by atoms with van der Waals surface area (Å²) < 4.78 is 36.8. The molecule has 0 heterocycles. The second-order valence-corrected chi connectivity index (χ2v) is 9.91. The highest BCUT2D eigenvalue weighted by Gasteiger charge is 2.13. The summed E-state index contributed by atoms with van der Waals surface area (Å²) in [6.45, 7) is 0. The molecular weight excluding hydrogens is 494 g/mol. The Kier molecular flexibility index (Phi) is 5.50. The van der Waals surface area contributed by atoms with Gasteiger partial charge in [-0.1, -0.05) is 133 Å². The summed E-state index contributed by atoms with van der Waals surface area (Å²) in [6, 6.07) is 49.4. The van der Waals surface area contributed by atoms with Crippen molar-refractivity contribution in [2.45, 2.75) is 0 Å². The van der Waals surface area contributed by atoms with Crippen molar-refractivity contribution in [3.63, 3.8) is 0 Å². The van der Waals surface area contributed by atoms with E-state index in [2.05, 4.69) is 36.4 Å². The van der Waals surface area contributed by atoms with E-state index in [-0.39, 0.29) is 35.4 Å². The van der Waals surface area contributed by atoms with Gasteiger partial charge in [0.25, 0.3) is 0 Å². The number of benzene rings is 7. The van der Waals surface area contributed by atoms with Crippen LogP contribution in [0.3, 0.4) is 0 Å². The molecule has 0 amide bonds. The van der Waals surface area contributed by atoms with Crippen LogP contribution < -0.4 is 4.90 Å². The number of fused-ring (bicyclic) bond motifs is 1. The molecule has 0 saturated heterocycles. The molecular formula is C40H29N. The van der Waals surface area contributed by atoms with Crippen LogP contribution in [0.25, 0.3) is 44.2 Å². The minimum absolute atomic E-state index is 0.0806. The van der Waals surface area contributed by atoms with Crippen molar-refractivity contribution in [2.24, 2.45) is 0 Å². The average Bonchev–Trinajstić information content (AvgIpc) is 3.10. The molecule has 1 heteroatoms. The van der Waals surface area contributed by atoms with Crippen LogP contribution in [0, 0.1) is 0 Å². The highest BCUT2D eigenvalue weighted by Crippen LogP contribution is 2.37. The minimum Gasteiger partial charge on any atom is -0.311 e. The summed E-state index contributed by atoms with van der Waals surface area (Å²) in [5.74, 6) is 0. The van der Waals surface area contributed by atoms with Gasteiger partial charge in [0, 0.05) is 17.1 Å². The lowest BCUT2D eigenvalue weighted by Crippen LogP contribution is -2.09. The molecule has 1 nitrogen and oxygen atoms in total. The van der Waals surface area contributed by atoms with E-state index in [4.69, 9.17) is 2.74 Å². The average molecular weight is 528 g/mol. The molecule has 194 valence electrons. The first-order valence-corrected chi connectivity index (χ1v) is 13.7. The highest BCUT2D eigenvalue weighted by atomic mass is 15.1. The van der Waals surface area contributed by atoms with Crippen LogP contribution in [-0.2, 0) is 0 Å². The predicted molar refractivity (Wildman–Crippen MR) is 175 cm³/mol. The lowest BCUT2D eigenvalue weighted by Gasteiger charge is -2.26. The van der Waals surface area contributed by atoms with Crippen molar-refractivity contribution in [1.29, 1.82) is 0 Å². The van der Waals surface area contributed by atoms with Gasteiger partial charge in [-0.25, -0.2) is 0 Å². The molecule has 7 aromatic rings. The van der Waals surface area contributed by atoms with Crippen molar-refractivity contribution in [2.75, 3.05) is 4.90 Å². The van der Waals surface area contributed by atoms with Gasteiger partial charge < -0.3 is 4.90 Å². The van der Waals surface area contributed by atoms with Gasteiger partial charge >= 0.3 is 0 Å². The molecule has 0 atom stereocenters. The van der Waals surface area contributed by atoms with Crippen molar-refractivity contribution < 1.29 is 5.48 Å². The van der Waals surface area contributed by atoms with E-state index in [0.29, 0.717) is 5.56 Å². The zero-order valence-corrected chi connectivity index (χ0v) is 22.4. The minimum atomic E-state index is -0.0995. The number of rotatable bonds is 6. The van der Waals surface area contributed by atoms with Crippen molar-refractivity contribution in [1.82, 2.24) is 0 Å². The lowest BCUT2D eigenvalue weighted by molar-refractivity contribution is 1.28. The number of anilines is 3. The molecule has 0 aliphatic rings. The Bertz CT molecular complexity index is 2110. The quantitative estimate of drug-likeness (QED) is 0.208. The Balaban J connectivity index is 1.36. The maximum Gasteiger partial charge on any atom is 0.0645 e. The third-order valence-corrected chi connectivity index (χ3v) is 7.33. The molecule has 0 spiro atoms. The van der Waals surface area contributed by atoms with Crippen LogP contribution in [0.2, 0.25) is 0 Å². The van der Waals surface area contributed by atoms with Crippen molar-refractivity contribution in [3.05, 3.63) is 176 Å². The fourth-order valence-corrected chi connectivity index (χ4v) is 5.30. The van der Waals surface area contributed by atoms with E-state index < -0.39 is 0 Å². The molecule has 0 unspecified atom stereocenters. The standard InChI is InChI=1S/C40H29N/c1-3-11-30(12-4-1)31-21-25-37(26-22-31)41(36-17-5-2-6-18-36)38-27-23-32(24-28-38)34-15-9-16-35(29-34)40-20-10-14-33-13-7-8-19-39(33)40/h1-29H/i23D,24D,27D,28D. The summed E-state index contributed by atoms with van der Waals surface area (Å²) in [4.78, 5) is 1.81. The normalized spacial score (nSPS) is 12.3. The lowest BCUT2D eigenvalue weighted by atomic mass is 9.95. The molecule has 0 saturated carbocycles. The second kappa shape index (κ2) is 11.0. The summed E-state index contributed by atoms with van der Waals surface area (Å²) in [5.41, 5.74) is 6.76. The maximum absolute atomic E-state index is 9.22. The van der Waals surface area contributed by atoms with Gasteiger partial charge in [-0.05, 0) is 86.6 Å². The summed E-state index contributed by atoms with van der Waals surface area (Å²) in [5, 5.41) is 2.25. The molecule has 7 rings (SSSR count). The zero-order chi connectivity index (χ0) is 30.9. The molecule has 0 aliphatic heterocycles. The van der Waals surface area contributed by atoms with Gasteiger partial charge in [0.1, 0.15) is 0 Å². The van der Waals surface area contributed by atoms with Gasteiger partial charge in [-0.15, -0.1) is 0 Å². The van der Waals surface area contributed by atoms with E-state index in [1.807, 2.05) is 120 Å². The van der Waals surface area contributed by atoms with Gasteiger partial charge in [-0.3, -0.25) is 0 Å². The second-order valence-electron chi connectivity index (χ2n) is 9.91. The fraction of sp³-hybridized carbons (Fsp3) is 0. The molecule has 0 aliphatic carbocycles. The van der Waals surface area contributed by atoms with Gasteiger partial charge in [0.05, 0.1) is 5.48 Å². The molecule has 41 heavy (non-hydrogen) atoms. The number of para-hydroxylation sites is 1. The largest absolute Gasteiger partial charge is 0.311 e. The van der Waals surface area contributed by atoms with Gasteiger partial charge in [0.15, 0.2) is 0 Å². The molecule has 0 bridgehead atoms. The van der Waals surface area contributed by atoms with Crippen molar-refractivity contribution in [3.8, 4) is 33.4 Å². The SMILES string of the molecule is [2H]c1c([2H])c(N(c2ccccc2)c2ccc(-c3ccccc3)cc2)c([2H])c([2H])c1-c1cccc(-c2cccc3ccccc23)c1. The predicted octanol–water partition coefficient (Wildman–Crippen LogP) is 11.3. The summed E-state index contributed by atoms with van der Waals surface area (Å²) >= 11 is 0. The highest BCUT2D eigenvalue weighted by molar-refractivity contribution is 5.97.